The van der Waals surface area contributed by atoms with Gasteiger partial charge in [-0.25, -0.2) is 9.97 Å². The highest BCUT2D eigenvalue weighted by Crippen LogP contribution is 2.42. The highest BCUT2D eigenvalue weighted by Gasteiger charge is 2.30. The molecule has 5 rings (SSSR count). The monoisotopic (exact) mass is 435 g/mol. The van der Waals surface area contributed by atoms with Crippen molar-refractivity contribution in [3.05, 3.63) is 40.0 Å². The molecule has 2 aromatic heterocycles. The summed E-state index contributed by atoms with van der Waals surface area (Å²) >= 11 is 1.68. The molecule has 0 fully saturated rings. The number of thiophene rings is 1. The van der Waals surface area contributed by atoms with Gasteiger partial charge >= 0.3 is 0 Å². The third kappa shape index (κ3) is 3.44. The minimum Gasteiger partial charge on any atom is -0.495 e. The normalized spacial score (nSPS) is 16.8. The molecule has 31 heavy (non-hydrogen) atoms. The topological polar surface area (TPSA) is 79.7 Å². The van der Waals surface area contributed by atoms with Crippen LogP contribution in [0.15, 0.2) is 23.5 Å². The fourth-order valence-corrected chi connectivity index (χ4v) is 5.68. The van der Waals surface area contributed by atoms with Gasteiger partial charge in [-0.15, -0.1) is 11.3 Å². The third-order valence-electron chi connectivity index (χ3n) is 6.25. The first-order chi connectivity index (χ1) is 15.1. The molecule has 1 aromatic carbocycles. The summed E-state index contributed by atoms with van der Waals surface area (Å²) in [5.41, 5.74) is 4.40. The summed E-state index contributed by atoms with van der Waals surface area (Å²) in [7, 11) is 3.56. The molecule has 1 amide bonds. The zero-order valence-corrected chi connectivity index (χ0v) is 18.8. The SMILES string of the molecule is CCN(C)C(=O)[C@@H]1CCc2c(sc3ncnc(Nc4cc5c(cc4OC)CN=C5)c23)C1. The molecule has 1 aliphatic carbocycles. The molecule has 0 spiro atoms. The number of carbonyl (C=O) groups excluding carboxylic acids is 1. The van der Waals surface area contributed by atoms with Crippen molar-refractivity contribution in [1.82, 2.24) is 14.9 Å². The van der Waals surface area contributed by atoms with Gasteiger partial charge in [-0.2, -0.15) is 0 Å². The number of anilines is 2. The van der Waals surface area contributed by atoms with Gasteiger partial charge in [0.2, 0.25) is 5.91 Å². The second kappa shape index (κ2) is 7.92. The third-order valence-corrected chi connectivity index (χ3v) is 7.41. The van der Waals surface area contributed by atoms with Crippen LogP contribution in [0.3, 0.4) is 0 Å². The van der Waals surface area contributed by atoms with Gasteiger partial charge in [0.1, 0.15) is 22.7 Å². The van der Waals surface area contributed by atoms with Crippen molar-refractivity contribution in [1.29, 1.82) is 0 Å². The summed E-state index contributed by atoms with van der Waals surface area (Å²) in [5.74, 6) is 1.84. The highest BCUT2D eigenvalue weighted by molar-refractivity contribution is 7.19. The van der Waals surface area contributed by atoms with Crippen LogP contribution in [-0.2, 0) is 24.2 Å². The van der Waals surface area contributed by atoms with Crippen molar-refractivity contribution in [2.45, 2.75) is 32.7 Å². The Morgan fingerprint density at radius 1 is 1.35 bits per heavy atom. The Morgan fingerprint density at radius 3 is 3.03 bits per heavy atom. The number of ether oxygens (including phenoxy) is 1. The number of fused-ring (bicyclic) bond motifs is 4. The Bertz CT molecular complexity index is 1200. The number of aromatic nitrogens is 2. The lowest BCUT2D eigenvalue weighted by Gasteiger charge is -2.26. The molecule has 1 atom stereocenters. The van der Waals surface area contributed by atoms with E-state index in [2.05, 4.69) is 26.3 Å². The fourth-order valence-electron chi connectivity index (χ4n) is 4.42. The number of aryl methyl sites for hydroxylation is 1. The molecule has 8 heteroatoms. The number of benzene rings is 1. The van der Waals surface area contributed by atoms with E-state index < -0.39 is 0 Å². The van der Waals surface area contributed by atoms with Gasteiger partial charge in [0, 0.05) is 30.6 Å². The first kappa shape index (κ1) is 19.9. The number of aliphatic imine (C=N–C) groups is 1. The quantitative estimate of drug-likeness (QED) is 0.656. The summed E-state index contributed by atoms with van der Waals surface area (Å²) < 4.78 is 5.62. The first-order valence-corrected chi connectivity index (χ1v) is 11.4. The number of rotatable bonds is 5. The van der Waals surface area contributed by atoms with Crippen LogP contribution in [0.5, 0.6) is 5.75 Å². The maximum atomic E-state index is 12.7. The van der Waals surface area contributed by atoms with E-state index in [1.165, 1.54) is 10.4 Å². The van der Waals surface area contributed by atoms with Crippen LogP contribution in [0.25, 0.3) is 10.2 Å². The minimum absolute atomic E-state index is 0.0472. The number of hydrogen-bond acceptors (Lipinski definition) is 7. The van der Waals surface area contributed by atoms with Crippen LogP contribution in [0.2, 0.25) is 0 Å². The summed E-state index contributed by atoms with van der Waals surface area (Å²) in [6.07, 6.45) is 5.99. The molecule has 0 bridgehead atoms. The Hall–Kier alpha value is -3.00. The predicted molar refractivity (Wildman–Crippen MR) is 124 cm³/mol. The molecule has 1 aliphatic heterocycles. The van der Waals surface area contributed by atoms with E-state index >= 15 is 0 Å². The lowest BCUT2D eigenvalue weighted by atomic mass is 9.87. The van der Waals surface area contributed by atoms with Gasteiger partial charge in [-0.1, -0.05) is 0 Å². The van der Waals surface area contributed by atoms with Crippen molar-refractivity contribution >= 4 is 45.2 Å². The molecule has 0 unspecified atom stereocenters. The smallest absolute Gasteiger partial charge is 0.225 e. The number of carbonyl (C=O) groups is 1. The second-order valence-corrected chi connectivity index (χ2v) is 9.13. The Kier molecular flexibility index (Phi) is 5.09. The zero-order valence-electron chi connectivity index (χ0n) is 17.9. The van der Waals surface area contributed by atoms with Crippen molar-refractivity contribution in [2.75, 3.05) is 26.0 Å². The van der Waals surface area contributed by atoms with Gasteiger partial charge in [-0.05, 0) is 55.0 Å². The molecule has 3 heterocycles. The van der Waals surface area contributed by atoms with E-state index in [4.69, 9.17) is 4.74 Å². The average molecular weight is 436 g/mol. The van der Waals surface area contributed by atoms with E-state index in [0.717, 1.165) is 64.4 Å². The maximum Gasteiger partial charge on any atom is 0.225 e. The van der Waals surface area contributed by atoms with Crippen LogP contribution in [0.4, 0.5) is 11.5 Å². The standard InChI is InChI=1S/C23H25N5O2S/c1-4-28(2)23(29)13-5-6-16-19(9-13)31-22-20(16)21(25-12-26-22)27-17-7-14-10-24-11-15(14)8-18(17)30-3/h7-8,10,12-13H,4-6,9,11H2,1-3H3,(H,25,26,27)/t13-/m1/s1. The molecule has 1 N–H and O–H groups in total. The Balaban J connectivity index is 1.51. The van der Waals surface area contributed by atoms with E-state index in [1.54, 1.807) is 24.8 Å². The first-order valence-electron chi connectivity index (χ1n) is 10.6. The van der Waals surface area contributed by atoms with Crippen molar-refractivity contribution in [2.24, 2.45) is 10.9 Å². The van der Waals surface area contributed by atoms with Crippen LogP contribution in [-0.4, -0.2) is 47.7 Å². The molecule has 2 aliphatic rings. The maximum absolute atomic E-state index is 12.7. The number of hydrogen-bond donors (Lipinski definition) is 1. The van der Waals surface area contributed by atoms with Crippen molar-refractivity contribution in [3.8, 4) is 5.75 Å². The van der Waals surface area contributed by atoms with Gasteiger partial charge in [0.15, 0.2) is 0 Å². The summed E-state index contributed by atoms with van der Waals surface area (Å²) in [6.45, 7) is 3.44. The lowest BCUT2D eigenvalue weighted by molar-refractivity contribution is -0.134. The van der Waals surface area contributed by atoms with Gasteiger partial charge in [0.25, 0.3) is 0 Å². The largest absolute Gasteiger partial charge is 0.495 e. The Labute approximate surface area is 185 Å². The number of amides is 1. The average Bonchev–Trinajstić information content (AvgIpc) is 3.40. The van der Waals surface area contributed by atoms with Gasteiger partial charge in [0.05, 0.1) is 24.7 Å². The molecule has 0 saturated carbocycles. The van der Waals surface area contributed by atoms with Crippen molar-refractivity contribution < 1.29 is 9.53 Å². The van der Waals surface area contributed by atoms with E-state index in [-0.39, 0.29) is 11.8 Å². The molecule has 160 valence electrons. The van der Waals surface area contributed by atoms with Crippen LogP contribution >= 0.6 is 11.3 Å². The molecular weight excluding hydrogens is 410 g/mol. The highest BCUT2D eigenvalue weighted by atomic mass is 32.1. The Morgan fingerprint density at radius 2 is 2.23 bits per heavy atom. The molecule has 0 radical (unpaired) electrons. The predicted octanol–water partition coefficient (Wildman–Crippen LogP) is 3.96. The summed E-state index contributed by atoms with van der Waals surface area (Å²) in [5, 5.41) is 4.55. The van der Waals surface area contributed by atoms with E-state index in [9.17, 15) is 4.79 Å². The number of methoxy groups -OCH3 is 1. The summed E-state index contributed by atoms with van der Waals surface area (Å²) in [4.78, 5) is 30.2. The van der Waals surface area contributed by atoms with Gasteiger partial charge < -0.3 is 15.0 Å². The molecule has 0 saturated heterocycles. The lowest BCUT2D eigenvalue weighted by Crippen LogP contribution is -2.35. The number of nitrogens with one attached hydrogen (secondary N) is 1. The number of nitrogens with zero attached hydrogens (tertiary/aromatic N) is 4. The van der Waals surface area contributed by atoms with Gasteiger partial charge in [-0.3, -0.25) is 9.79 Å². The summed E-state index contributed by atoms with van der Waals surface area (Å²) in [6, 6.07) is 4.10. The van der Waals surface area contributed by atoms with Crippen LogP contribution in [0.1, 0.15) is 34.9 Å². The van der Waals surface area contributed by atoms with Crippen LogP contribution in [0, 0.1) is 5.92 Å². The van der Waals surface area contributed by atoms with Crippen molar-refractivity contribution in [3.63, 3.8) is 0 Å². The van der Waals surface area contributed by atoms with E-state index in [0.29, 0.717) is 6.54 Å². The zero-order chi connectivity index (χ0) is 21.5. The minimum atomic E-state index is 0.0472. The molecule has 7 nitrogen and oxygen atoms in total. The van der Waals surface area contributed by atoms with Crippen LogP contribution < -0.4 is 10.1 Å². The molecule has 3 aromatic rings. The molecular formula is C23H25N5O2S. The van der Waals surface area contributed by atoms with E-state index in [1.807, 2.05) is 31.2 Å². The second-order valence-electron chi connectivity index (χ2n) is 8.04. The fraction of sp³-hybridized carbons (Fsp3) is 0.391.